The fourth-order valence-electron chi connectivity index (χ4n) is 3.44. The maximum absolute atomic E-state index is 13.1. The maximum Gasteiger partial charge on any atom is 0.243 e. The zero-order valence-electron chi connectivity index (χ0n) is 14.5. The first-order chi connectivity index (χ1) is 12.3. The van der Waals surface area contributed by atoms with Crippen LogP contribution in [-0.4, -0.2) is 61.7 Å². The molecule has 9 heteroatoms. The number of amides is 2. The van der Waals surface area contributed by atoms with Gasteiger partial charge in [0.1, 0.15) is 11.9 Å². The van der Waals surface area contributed by atoms with Crippen LogP contribution in [0.4, 0.5) is 4.39 Å². The van der Waals surface area contributed by atoms with E-state index in [9.17, 15) is 22.4 Å². The monoisotopic (exact) mass is 383 g/mol. The van der Waals surface area contributed by atoms with Gasteiger partial charge in [-0.15, -0.1) is 0 Å². The number of benzene rings is 1. The Morgan fingerprint density at radius 2 is 1.92 bits per heavy atom. The third-order valence-corrected chi connectivity index (χ3v) is 6.85. The van der Waals surface area contributed by atoms with Crippen LogP contribution in [-0.2, 0) is 19.6 Å². The normalized spacial score (nSPS) is 25.0. The van der Waals surface area contributed by atoms with Crippen molar-refractivity contribution in [1.82, 2.24) is 14.5 Å². The summed E-state index contributed by atoms with van der Waals surface area (Å²) in [5.74, 6) is -1.37. The van der Waals surface area contributed by atoms with Crippen molar-refractivity contribution in [3.8, 4) is 0 Å². The Morgan fingerprint density at radius 1 is 1.23 bits per heavy atom. The number of sulfonamides is 1. The fraction of sp³-hybridized carbons (Fsp3) is 0.529. The molecule has 0 aliphatic carbocycles. The number of hydrogen-bond donors (Lipinski definition) is 1. The fourth-order valence-corrected chi connectivity index (χ4v) is 4.96. The Labute approximate surface area is 152 Å². The smallest absolute Gasteiger partial charge is 0.243 e. The van der Waals surface area contributed by atoms with Crippen molar-refractivity contribution in [2.24, 2.45) is 5.92 Å². The van der Waals surface area contributed by atoms with Crippen LogP contribution < -0.4 is 5.32 Å². The molecule has 2 aliphatic heterocycles. The van der Waals surface area contributed by atoms with Gasteiger partial charge in [-0.25, -0.2) is 12.8 Å². The first-order valence-electron chi connectivity index (χ1n) is 8.64. The Morgan fingerprint density at radius 3 is 2.62 bits per heavy atom. The van der Waals surface area contributed by atoms with Gasteiger partial charge in [-0.1, -0.05) is 0 Å². The molecule has 0 aromatic heterocycles. The van der Waals surface area contributed by atoms with Crippen molar-refractivity contribution >= 4 is 21.8 Å². The lowest BCUT2D eigenvalue weighted by molar-refractivity contribution is -0.146. The van der Waals surface area contributed by atoms with Crippen molar-refractivity contribution in [2.45, 2.75) is 30.7 Å². The molecule has 7 nitrogen and oxygen atoms in total. The summed E-state index contributed by atoms with van der Waals surface area (Å²) < 4.78 is 39.9. The average molecular weight is 383 g/mol. The van der Waals surface area contributed by atoms with Crippen molar-refractivity contribution in [1.29, 1.82) is 0 Å². The predicted molar refractivity (Wildman–Crippen MR) is 92.1 cm³/mol. The minimum absolute atomic E-state index is 0.0118. The minimum Gasteiger partial charge on any atom is -0.353 e. The van der Waals surface area contributed by atoms with Crippen LogP contribution in [0.1, 0.15) is 19.8 Å². The zero-order chi connectivity index (χ0) is 18.9. The summed E-state index contributed by atoms with van der Waals surface area (Å²) in [6.45, 7) is 2.89. The van der Waals surface area contributed by atoms with Crippen LogP contribution in [0.5, 0.6) is 0 Å². The third kappa shape index (κ3) is 3.59. The molecule has 2 saturated heterocycles. The van der Waals surface area contributed by atoms with Crippen LogP contribution in [0.2, 0.25) is 0 Å². The summed E-state index contributed by atoms with van der Waals surface area (Å²) >= 11 is 0. The molecule has 1 aromatic rings. The molecule has 2 aliphatic rings. The highest BCUT2D eigenvalue weighted by Crippen LogP contribution is 2.26. The molecular formula is C17H22FN3O4S. The lowest BCUT2D eigenvalue weighted by Gasteiger charge is -2.38. The molecule has 0 saturated carbocycles. The summed E-state index contributed by atoms with van der Waals surface area (Å²) in [5.41, 5.74) is 0. The van der Waals surface area contributed by atoms with Crippen molar-refractivity contribution in [3.05, 3.63) is 30.1 Å². The van der Waals surface area contributed by atoms with Gasteiger partial charge in [0.05, 0.1) is 10.8 Å². The quantitative estimate of drug-likeness (QED) is 0.827. The number of piperazine rings is 1. The second-order valence-corrected chi connectivity index (χ2v) is 8.59. The van der Waals surface area contributed by atoms with Crippen LogP contribution in [0.3, 0.4) is 0 Å². The van der Waals surface area contributed by atoms with E-state index in [4.69, 9.17) is 0 Å². The van der Waals surface area contributed by atoms with Gasteiger partial charge in [0.25, 0.3) is 0 Å². The molecule has 2 fully saturated rings. The summed E-state index contributed by atoms with van der Waals surface area (Å²) in [7, 11) is -3.78. The number of piperidine rings is 1. The Hall–Kier alpha value is -2.00. The van der Waals surface area contributed by atoms with Gasteiger partial charge in [-0.3, -0.25) is 9.59 Å². The van der Waals surface area contributed by atoms with Gasteiger partial charge in [0.15, 0.2) is 0 Å². The summed E-state index contributed by atoms with van der Waals surface area (Å²) in [6.07, 6.45) is 1.14. The van der Waals surface area contributed by atoms with Crippen LogP contribution in [0.15, 0.2) is 29.2 Å². The molecule has 2 amide bonds. The van der Waals surface area contributed by atoms with Gasteiger partial charge in [-0.2, -0.15) is 4.31 Å². The molecule has 1 N–H and O–H groups in total. The molecule has 2 atom stereocenters. The van der Waals surface area contributed by atoms with E-state index >= 15 is 0 Å². The van der Waals surface area contributed by atoms with Gasteiger partial charge >= 0.3 is 0 Å². The molecule has 0 unspecified atom stereocenters. The Bertz CT molecular complexity index is 797. The Balaban J connectivity index is 1.75. The molecule has 142 valence electrons. The van der Waals surface area contributed by atoms with E-state index in [0.717, 1.165) is 12.1 Å². The second kappa shape index (κ2) is 7.32. The van der Waals surface area contributed by atoms with E-state index in [-0.39, 0.29) is 23.3 Å². The number of nitrogens with zero attached hydrogens (tertiary/aromatic N) is 2. The van der Waals surface area contributed by atoms with Gasteiger partial charge in [-0.05, 0) is 44.0 Å². The number of rotatable bonds is 3. The van der Waals surface area contributed by atoms with E-state index < -0.39 is 27.8 Å². The second-order valence-electron chi connectivity index (χ2n) is 6.65. The highest BCUT2D eigenvalue weighted by atomic mass is 32.2. The standard InChI is InChI=1S/C17H22FN3O4S/c1-12-16(22)19-8-10-21(12)17(23)13-3-2-9-20(11-13)26(24,25)15-6-4-14(18)5-7-15/h4-7,12-13H,2-3,8-11H2,1H3,(H,19,22)/t12-,13-/m0/s1. The Kier molecular flexibility index (Phi) is 5.29. The lowest BCUT2D eigenvalue weighted by atomic mass is 9.97. The van der Waals surface area contributed by atoms with E-state index in [1.807, 2.05) is 0 Å². The van der Waals surface area contributed by atoms with Gasteiger partial charge < -0.3 is 10.2 Å². The molecule has 0 radical (unpaired) electrons. The number of carbonyl (C=O) groups excluding carboxylic acids is 2. The molecule has 2 heterocycles. The van der Waals surface area contributed by atoms with E-state index in [1.54, 1.807) is 6.92 Å². The van der Waals surface area contributed by atoms with E-state index in [2.05, 4.69) is 5.32 Å². The largest absolute Gasteiger partial charge is 0.353 e. The lowest BCUT2D eigenvalue weighted by Crippen LogP contribution is -2.58. The van der Waals surface area contributed by atoms with Gasteiger partial charge in [0, 0.05) is 26.2 Å². The molecule has 0 spiro atoms. The zero-order valence-corrected chi connectivity index (χ0v) is 15.3. The molecule has 0 bridgehead atoms. The van der Waals surface area contributed by atoms with Crippen molar-refractivity contribution in [3.63, 3.8) is 0 Å². The van der Waals surface area contributed by atoms with Crippen molar-refractivity contribution in [2.75, 3.05) is 26.2 Å². The first kappa shape index (κ1) is 18.8. The highest BCUT2D eigenvalue weighted by Gasteiger charge is 2.38. The summed E-state index contributed by atoms with van der Waals surface area (Å²) in [5, 5.41) is 2.71. The average Bonchev–Trinajstić information content (AvgIpc) is 2.64. The molecule has 1 aromatic carbocycles. The third-order valence-electron chi connectivity index (χ3n) is 4.97. The summed E-state index contributed by atoms with van der Waals surface area (Å²) in [4.78, 5) is 26.2. The number of nitrogens with one attached hydrogen (secondary N) is 1. The SMILES string of the molecule is C[C@H]1C(=O)NCCN1C(=O)[C@H]1CCCN(S(=O)(=O)c2ccc(F)cc2)C1. The van der Waals surface area contributed by atoms with Gasteiger partial charge in [0.2, 0.25) is 21.8 Å². The number of halogens is 1. The van der Waals surface area contributed by atoms with Crippen molar-refractivity contribution < 1.29 is 22.4 Å². The minimum atomic E-state index is -3.78. The molecule has 26 heavy (non-hydrogen) atoms. The van der Waals surface area contributed by atoms with Crippen LogP contribution >= 0.6 is 0 Å². The molecule has 3 rings (SSSR count). The maximum atomic E-state index is 13.1. The highest BCUT2D eigenvalue weighted by molar-refractivity contribution is 7.89. The number of hydrogen-bond acceptors (Lipinski definition) is 4. The first-order valence-corrected chi connectivity index (χ1v) is 10.1. The predicted octanol–water partition coefficient (Wildman–Crippen LogP) is 0.573. The molecular weight excluding hydrogens is 361 g/mol. The van der Waals surface area contributed by atoms with Crippen LogP contribution in [0, 0.1) is 11.7 Å². The van der Waals surface area contributed by atoms with Crippen LogP contribution in [0.25, 0.3) is 0 Å². The topological polar surface area (TPSA) is 86.8 Å². The number of carbonyl (C=O) groups is 2. The summed E-state index contributed by atoms with van der Waals surface area (Å²) in [6, 6.07) is 4.11. The van der Waals surface area contributed by atoms with E-state index in [0.29, 0.717) is 32.5 Å². The van der Waals surface area contributed by atoms with E-state index in [1.165, 1.54) is 21.3 Å².